The molecule has 5 rings (SSSR count). The van der Waals surface area contributed by atoms with Crippen molar-refractivity contribution in [3.63, 3.8) is 0 Å². The van der Waals surface area contributed by atoms with E-state index in [1.807, 2.05) is 61.5 Å². The van der Waals surface area contributed by atoms with Gasteiger partial charge >= 0.3 is 6.18 Å². The topological polar surface area (TPSA) is 67.2 Å². The minimum Gasteiger partial charge on any atom is -0.339 e. The monoisotopic (exact) mass is 582 g/mol. The molecule has 0 aliphatic carbocycles. The molecule has 0 unspecified atom stereocenters. The summed E-state index contributed by atoms with van der Waals surface area (Å²) in [5.41, 5.74) is 1.07. The van der Waals surface area contributed by atoms with Crippen molar-refractivity contribution < 1.29 is 22.8 Å². The Labute approximate surface area is 225 Å². The van der Waals surface area contributed by atoms with E-state index >= 15 is 0 Å². The minimum atomic E-state index is -4.60. The summed E-state index contributed by atoms with van der Waals surface area (Å²) >= 11 is 3.57. The molecule has 0 fully saturated rings. The largest absolute Gasteiger partial charge is 0.416 e. The van der Waals surface area contributed by atoms with Gasteiger partial charge in [0.25, 0.3) is 11.8 Å². The first kappa shape index (κ1) is 25.7. The Morgan fingerprint density at radius 2 is 1.71 bits per heavy atom. The van der Waals surface area contributed by atoms with Crippen LogP contribution in [0.25, 0.3) is 5.69 Å². The Hall–Kier alpha value is -3.92. The fourth-order valence-electron chi connectivity index (χ4n) is 4.78. The second-order valence-electron chi connectivity index (χ2n) is 8.78. The summed E-state index contributed by atoms with van der Waals surface area (Å²) in [4.78, 5) is 28.8. The van der Waals surface area contributed by atoms with Crippen molar-refractivity contribution in [2.24, 2.45) is 0 Å². The lowest BCUT2D eigenvalue weighted by Crippen LogP contribution is -2.55. The second kappa shape index (κ2) is 10.1. The van der Waals surface area contributed by atoms with Crippen molar-refractivity contribution in [2.75, 3.05) is 11.4 Å². The third-order valence-electron chi connectivity index (χ3n) is 6.52. The average molecular weight is 583 g/mol. The van der Waals surface area contributed by atoms with Crippen molar-refractivity contribution in [1.29, 1.82) is 0 Å². The van der Waals surface area contributed by atoms with Crippen molar-refractivity contribution >= 4 is 33.6 Å². The van der Waals surface area contributed by atoms with Crippen LogP contribution in [0.5, 0.6) is 0 Å². The molecular formula is C28H22BrF3N4O2. The normalized spacial score (nSPS) is 17.3. The molecule has 0 spiro atoms. The van der Waals surface area contributed by atoms with Crippen molar-refractivity contribution in [1.82, 2.24) is 15.1 Å². The highest BCUT2D eigenvalue weighted by atomic mass is 79.9. The number of nitrogens with zero attached hydrogens (tertiary/aromatic N) is 3. The average Bonchev–Trinajstić information content (AvgIpc) is 3.34. The summed E-state index contributed by atoms with van der Waals surface area (Å²) in [6.45, 7) is 2.11. The molecule has 0 saturated carbocycles. The van der Waals surface area contributed by atoms with Gasteiger partial charge in [0.05, 0.1) is 17.4 Å². The number of likely N-dealkylation sites (N-methyl/N-ethyl adjacent to an activating group) is 1. The van der Waals surface area contributed by atoms with Crippen LogP contribution in [0.2, 0.25) is 0 Å². The van der Waals surface area contributed by atoms with Crippen LogP contribution in [-0.2, 0) is 11.0 Å². The van der Waals surface area contributed by atoms with Gasteiger partial charge in [-0.25, -0.2) is 4.68 Å². The van der Waals surface area contributed by atoms with Crippen molar-refractivity contribution in [3.8, 4) is 5.69 Å². The van der Waals surface area contributed by atoms with Gasteiger partial charge < -0.3 is 5.32 Å². The van der Waals surface area contributed by atoms with Crippen LogP contribution in [0.3, 0.4) is 0 Å². The highest BCUT2D eigenvalue weighted by molar-refractivity contribution is 9.10. The highest BCUT2D eigenvalue weighted by Gasteiger charge is 2.45. The number of anilines is 1. The zero-order valence-corrected chi connectivity index (χ0v) is 21.7. The number of nitrogens with one attached hydrogen (secondary N) is 1. The molecule has 4 aromatic rings. The van der Waals surface area contributed by atoms with E-state index < -0.39 is 35.5 Å². The van der Waals surface area contributed by atoms with Crippen LogP contribution in [0.4, 0.5) is 19.0 Å². The SMILES string of the molecule is CCN1C(=O)[C@H](NC(=O)c2cccc(C(F)(F)F)c2)[C@@H](c2ccccc2Br)c2cnn(-c3ccccc3)c21. The Kier molecular flexibility index (Phi) is 6.83. The number of carbonyl (C=O) groups excluding carboxylic acids is 2. The Morgan fingerprint density at radius 3 is 2.39 bits per heavy atom. The van der Waals surface area contributed by atoms with E-state index in [1.165, 1.54) is 12.1 Å². The molecule has 2 heterocycles. The quantitative estimate of drug-likeness (QED) is 0.316. The van der Waals surface area contributed by atoms with E-state index in [4.69, 9.17) is 0 Å². The molecule has 1 N–H and O–H groups in total. The molecule has 1 aliphatic rings. The van der Waals surface area contributed by atoms with Crippen molar-refractivity contribution in [3.05, 3.63) is 112 Å². The summed E-state index contributed by atoms with van der Waals surface area (Å²) < 4.78 is 42.2. The number of alkyl halides is 3. The molecular weight excluding hydrogens is 561 g/mol. The molecule has 2 atom stereocenters. The van der Waals surface area contributed by atoms with E-state index in [0.29, 0.717) is 17.9 Å². The first-order chi connectivity index (χ1) is 18.2. The van der Waals surface area contributed by atoms with Crippen LogP contribution in [0, 0.1) is 0 Å². The Balaban J connectivity index is 1.63. The van der Waals surface area contributed by atoms with Crippen LogP contribution in [0.1, 0.15) is 39.9 Å². The second-order valence-corrected chi connectivity index (χ2v) is 9.64. The van der Waals surface area contributed by atoms with E-state index in [9.17, 15) is 22.8 Å². The fraction of sp³-hybridized carbons (Fsp3) is 0.179. The minimum absolute atomic E-state index is 0.188. The van der Waals surface area contributed by atoms with Gasteiger partial charge in [0.2, 0.25) is 0 Å². The zero-order chi connectivity index (χ0) is 27.0. The van der Waals surface area contributed by atoms with Crippen LogP contribution in [0.15, 0.2) is 89.5 Å². The summed E-state index contributed by atoms with van der Waals surface area (Å²) in [6, 6.07) is 19.8. The van der Waals surface area contributed by atoms with Crippen LogP contribution < -0.4 is 10.2 Å². The molecule has 2 amide bonds. The fourth-order valence-corrected chi connectivity index (χ4v) is 5.31. The van der Waals surface area contributed by atoms with Gasteiger partial charge in [0.1, 0.15) is 11.9 Å². The number of hydrogen-bond donors (Lipinski definition) is 1. The first-order valence-corrected chi connectivity index (χ1v) is 12.7. The van der Waals surface area contributed by atoms with Crippen molar-refractivity contribution in [2.45, 2.75) is 25.1 Å². The van der Waals surface area contributed by atoms with Crippen LogP contribution in [-0.4, -0.2) is 34.2 Å². The van der Waals surface area contributed by atoms with E-state index in [0.717, 1.165) is 27.9 Å². The third-order valence-corrected chi connectivity index (χ3v) is 7.25. The molecule has 3 aromatic carbocycles. The number of benzene rings is 3. The molecule has 0 radical (unpaired) electrons. The maximum Gasteiger partial charge on any atom is 0.416 e. The molecule has 1 aromatic heterocycles. The Bertz CT molecular complexity index is 1500. The van der Waals surface area contributed by atoms with Gasteiger partial charge in [-0.05, 0) is 48.9 Å². The number of carbonyl (C=O) groups is 2. The standard InChI is InChI=1S/C28H22BrF3N4O2/c1-2-35-26-21(16-33-36(26)19-11-4-3-5-12-19)23(20-13-6-7-14-22(20)29)24(27(35)38)34-25(37)17-9-8-10-18(15-17)28(30,31)32/h3-16,23-24H,2H2,1H3,(H,34,37)/t23-,24+/m0/s1. The summed E-state index contributed by atoms with van der Waals surface area (Å²) in [7, 11) is 0. The Morgan fingerprint density at radius 1 is 1.00 bits per heavy atom. The van der Waals surface area contributed by atoms with Gasteiger partial charge in [0.15, 0.2) is 0 Å². The molecule has 0 bridgehead atoms. The summed E-state index contributed by atoms with van der Waals surface area (Å²) in [5.74, 6) is -1.24. The molecule has 6 nitrogen and oxygen atoms in total. The number of para-hydroxylation sites is 1. The van der Waals surface area contributed by atoms with E-state index in [-0.39, 0.29) is 5.56 Å². The van der Waals surface area contributed by atoms with Gasteiger partial charge in [-0.1, -0.05) is 58.4 Å². The smallest absolute Gasteiger partial charge is 0.339 e. The van der Waals surface area contributed by atoms with Gasteiger partial charge in [-0.2, -0.15) is 18.3 Å². The van der Waals surface area contributed by atoms with Gasteiger partial charge in [-0.3, -0.25) is 14.5 Å². The maximum atomic E-state index is 14.0. The number of hydrogen-bond acceptors (Lipinski definition) is 3. The summed E-state index contributed by atoms with van der Waals surface area (Å²) in [5, 5.41) is 7.32. The van der Waals surface area contributed by atoms with Gasteiger partial charge in [-0.15, -0.1) is 0 Å². The highest BCUT2D eigenvalue weighted by Crippen LogP contribution is 2.43. The first-order valence-electron chi connectivity index (χ1n) is 11.9. The lowest BCUT2D eigenvalue weighted by Gasteiger charge is -2.38. The number of fused-ring (bicyclic) bond motifs is 1. The number of halogens is 4. The van der Waals surface area contributed by atoms with E-state index in [2.05, 4.69) is 26.3 Å². The summed E-state index contributed by atoms with van der Waals surface area (Å²) in [6.07, 6.45) is -2.93. The third kappa shape index (κ3) is 4.60. The molecule has 10 heteroatoms. The van der Waals surface area contributed by atoms with Gasteiger partial charge in [0, 0.05) is 28.1 Å². The van der Waals surface area contributed by atoms with Crippen LogP contribution >= 0.6 is 15.9 Å². The lowest BCUT2D eigenvalue weighted by atomic mass is 9.82. The molecule has 38 heavy (non-hydrogen) atoms. The van der Waals surface area contributed by atoms with E-state index in [1.54, 1.807) is 15.8 Å². The predicted molar refractivity (Wildman–Crippen MR) is 140 cm³/mol. The zero-order valence-electron chi connectivity index (χ0n) is 20.1. The molecule has 1 aliphatic heterocycles. The predicted octanol–water partition coefficient (Wildman–Crippen LogP) is 5.95. The number of rotatable bonds is 5. The maximum absolute atomic E-state index is 14.0. The molecule has 194 valence electrons. The number of aromatic nitrogens is 2. The lowest BCUT2D eigenvalue weighted by molar-refractivity contribution is -0.137. The number of amides is 2. The molecule has 0 saturated heterocycles.